The van der Waals surface area contributed by atoms with Crippen LogP contribution in [0.3, 0.4) is 0 Å². The van der Waals surface area contributed by atoms with Gasteiger partial charge in [-0.3, -0.25) is 0 Å². The van der Waals surface area contributed by atoms with Crippen LogP contribution in [0.4, 0.5) is 0 Å². The molecule has 0 heteroatoms. The third kappa shape index (κ3) is 1.77. The Labute approximate surface area is 119 Å². The van der Waals surface area contributed by atoms with Crippen molar-refractivity contribution in [3.8, 4) is 0 Å². The summed E-state index contributed by atoms with van der Waals surface area (Å²) in [5, 5.41) is 2.61. The number of hydrogen-bond acceptors (Lipinski definition) is 0. The number of benzene rings is 3. The Kier molecular flexibility index (Phi) is 2.67. The first-order chi connectivity index (χ1) is 9.93. The molecule has 3 aromatic carbocycles. The van der Waals surface area contributed by atoms with Gasteiger partial charge in [0.25, 0.3) is 0 Å². The van der Waals surface area contributed by atoms with Crippen molar-refractivity contribution in [2.24, 2.45) is 0 Å². The van der Waals surface area contributed by atoms with E-state index < -0.39 is 0 Å². The molecule has 0 saturated heterocycles. The highest BCUT2D eigenvalue weighted by molar-refractivity contribution is 5.87. The molecule has 1 unspecified atom stereocenters. The molecule has 0 heterocycles. The monoisotopic (exact) mass is 254 g/mol. The summed E-state index contributed by atoms with van der Waals surface area (Å²) in [6.07, 6.45) is 7.69. The van der Waals surface area contributed by atoms with E-state index in [1.807, 2.05) is 0 Å². The van der Waals surface area contributed by atoms with Gasteiger partial charge < -0.3 is 0 Å². The van der Waals surface area contributed by atoms with Gasteiger partial charge in [0, 0.05) is 12.3 Å². The van der Waals surface area contributed by atoms with Gasteiger partial charge in [0.05, 0.1) is 0 Å². The molecule has 94 valence electrons. The summed E-state index contributed by atoms with van der Waals surface area (Å²) in [6.45, 7) is 0. The Morgan fingerprint density at radius 3 is 2.45 bits per heavy atom. The van der Waals surface area contributed by atoms with Gasteiger partial charge in [0.1, 0.15) is 0 Å². The Bertz CT molecular complexity index is 791. The lowest BCUT2D eigenvalue weighted by molar-refractivity contribution is 0.971. The lowest BCUT2D eigenvalue weighted by Gasteiger charge is -2.23. The lowest BCUT2D eigenvalue weighted by atomic mass is 9.80. The van der Waals surface area contributed by atoms with Crippen molar-refractivity contribution < 1.29 is 0 Å². The minimum absolute atomic E-state index is 0.224. The van der Waals surface area contributed by atoms with Crippen molar-refractivity contribution in [3.05, 3.63) is 95.9 Å². The van der Waals surface area contributed by atoms with Crippen molar-refractivity contribution in [1.82, 2.24) is 0 Å². The van der Waals surface area contributed by atoms with Crippen LogP contribution in [0.5, 0.6) is 0 Å². The fourth-order valence-electron chi connectivity index (χ4n) is 3.01. The van der Waals surface area contributed by atoms with Gasteiger partial charge in [0.2, 0.25) is 0 Å². The normalized spacial score (nSPS) is 17.1. The van der Waals surface area contributed by atoms with Crippen LogP contribution in [0.15, 0.2) is 72.8 Å². The first-order valence-corrected chi connectivity index (χ1v) is 6.93. The van der Waals surface area contributed by atoms with Crippen LogP contribution in [0.1, 0.15) is 22.6 Å². The van der Waals surface area contributed by atoms with Gasteiger partial charge >= 0.3 is 0 Å². The molecule has 0 fully saturated rings. The maximum absolute atomic E-state index is 3.50. The molecular formula is C20H14. The van der Waals surface area contributed by atoms with Crippen LogP contribution in [0, 0.1) is 6.42 Å². The predicted octanol–water partition coefficient (Wildman–Crippen LogP) is 5.08. The average molecular weight is 254 g/mol. The summed E-state index contributed by atoms with van der Waals surface area (Å²) in [6, 6.07) is 23.7. The molecule has 0 aliphatic heterocycles. The van der Waals surface area contributed by atoms with E-state index in [4.69, 9.17) is 0 Å². The lowest BCUT2D eigenvalue weighted by Crippen LogP contribution is -2.06. The number of allylic oxidation sites excluding steroid dienone is 1. The molecule has 1 aliphatic rings. The third-order valence-electron chi connectivity index (χ3n) is 3.97. The summed E-state index contributed by atoms with van der Waals surface area (Å²) in [7, 11) is 0. The van der Waals surface area contributed by atoms with Crippen LogP contribution in [-0.2, 0) is 0 Å². The van der Waals surface area contributed by atoms with Crippen molar-refractivity contribution in [2.75, 3.05) is 0 Å². The second-order valence-electron chi connectivity index (χ2n) is 5.13. The molecule has 4 rings (SSSR count). The molecule has 20 heavy (non-hydrogen) atoms. The second-order valence-corrected chi connectivity index (χ2v) is 5.13. The van der Waals surface area contributed by atoms with E-state index in [0.717, 1.165) is 0 Å². The Morgan fingerprint density at radius 2 is 1.45 bits per heavy atom. The number of fused-ring (bicyclic) bond motifs is 2. The topological polar surface area (TPSA) is 0 Å². The molecule has 0 aromatic heterocycles. The van der Waals surface area contributed by atoms with E-state index in [9.17, 15) is 0 Å². The van der Waals surface area contributed by atoms with Crippen LogP contribution in [0.2, 0.25) is 0 Å². The molecule has 0 spiro atoms. The van der Waals surface area contributed by atoms with Crippen LogP contribution in [0.25, 0.3) is 16.8 Å². The Morgan fingerprint density at radius 1 is 0.700 bits per heavy atom. The zero-order valence-electron chi connectivity index (χ0n) is 11.1. The Balaban J connectivity index is 1.95. The molecule has 2 radical (unpaired) electrons. The molecule has 1 atom stereocenters. The molecule has 0 bridgehead atoms. The van der Waals surface area contributed by atoms with Crippen LogP contribution >= 0.6 is 0 Å². The van der Waals surface area contributed by atoms with Crippen molar-refractivity contribution in [1.29, 1.82) is 0 Å². The summed E-state index contributed by atoms with van der Waals surface area (Å²) < 4.78 is 0. The zero-order valence-corrected chi connectivity index (χ0v) is 11.1. The van der Waals surface area contributed by atoms with Gasteiger partial charge in [0.15, 0.2) is 0 Å². The average Bonchev–Trinajstić information content (AvgIpc) is 2.54. The van der Waals surface area contributed by atoms with Crippen molar-refractivity contribution >= 4 is 16.8 Å². The SMILES string of the molecule is [C]1C=Cc2ccccc2C1c1cccc2ccccc12. The van der Waals surface area contributed by atoms with Crippen LogP contribution in [-0.4, -0.2) is 0 Å². The van der Waals surface area contributed by atoms with Crippen molar-refractivity contribution in [3.63, 3.8) is 0 Å². The highest BCUT2D eigenvalue weighted by Gasteiger charge is 2.20. The largest absolute Gasteiger partial charge is 0.0749 e. The maximum atomic E-state index is 3.50. The minimum atomic E-state index is 0.224. The van der Waals surface area contributed by atoms with E-state index in [-0.39, 0.29) is 5.92 Å². The quantitative estimate of drug-likeness (QED) is 0.568. The van der Waals surface area contributed by atoms with E-state index >= 15 is 0 Å². The summed E-state index contributed by atoms with van der Waals surface area (Å²) >= 11 is 0. The zero-order chi connectivity index (χ0) is 13.4. The fraction of sp³-hybridized carbons (Fsp3) is 0.0500. The van der Waals surface area contributed by atoms with E-state index in [2.05, 4.69) is 85.3 Å². The molecule has 0 nitrogen and oxygen atoms in total. The molecule has 0 N–H and O–H groups in total. The smallest absolute Gasteiger partial charge is 0.0213 e. The summed E-state index contributed by atoms with van der Waals surface area (Å²) in [5.41, 5.74) is 3.97. The Hall–Kier alpha value is -2.34. The molecule has 0 amide bonds. The van der Waals surface area contributed by atoms with E-state index in [1.165, 1.54) is 27.5 Å². The minimum Gasteiger partial charge on any atom is -0.0749 e. The van der Waals surface area contributed by atoms with Crippen LogP contribution < -0.4 is 0 Å². The summed E-state index contributed by atoms with van der Waals surface area (Å²) in [4.78, 5) is 0. The number of rotatable bonds is 1. The van der Waals surface area contributed by atoms with Gasteiger partial charge in [-0.25, -0.2) is 0 Å². The molecular weight excluding hydrogens is 240 g/mol. The standard InChI is InChI=1S/C20H14/c1-3-11-17-15(7-1)9-5-13-19(17)20-14-6-10-16-8-2-4-12-18(16)20/h1-13,20H. The van der Waals surface area contributed by atoms with E-state index in [0.29, 0.717) is 0 Å². The maximum Gasteiger partial charge on any atom is 0.0213 e. The third-order valence-corrected chi connectivity index (χ3v) is 3.97. The fourth-order valence-corrected chi connectivity index (χ4v) is 3.01. The highest BCUT2D eigenvalue weighted by Crippen LogP contribution is 2.37. The van der Waals surface area contributed by atoms with Gasteiger partial charge in [-0.2, -0.15) is 0 Å². The first kappa shape index (κ1) is 11.5. The highest BCUT2D eigenvalue weighted by atomic mass is 14.2. The van der Waals surface area contributed by atoms with Gasteiger partial charge in [-0.05, 0) is 27.5 Å². The molecule has 0 saturated carbocycles. The molecule has 1 aliphatic carbocycles. The second kappa shape index (κ2) is 4.64. The number of hydrogen-bond donors (Lipinski definition) is 0. The van der Waals surface area contributed by atoms with Gasteiger partial charge in [-0.1, -0.05) is 78.9 Å². The summed E-state index contributed by atoms with van der Waals surface area (Å²) in [5.74, 6) is 0.224. The first-order valence-electron chi connectivity index (χ1n) is 6.93. The van der Waals surface area contributed by atoms with Crippen molar-refractivity contribution in [2.45, 2.75) is 5.92 Å². The molecule has 3 aromatic rings. The predicted molar refractivity (Wildman–Crippen MR) is 84.5 cm³/mol. The van der Waals surface area contributed by atoms with Gasteiger partial charge in [-0.15, -0.1) is 0 Å². The van der Waals surface area contributed by atoms with E-state index in [1.54, 1.807) is 0 Å².